The lowest BCUT2D eigenvalue weighted by atomic mass is 9.98. The Balaban J connectivity index is 3.52. The Hall–Kier alpha value is -0.780. The van der Waals surface area contributed by atoms with E-state index in [0.29, 0.717) is 6.42 Å². The van der Waals surface area contributed by atoms with Gasteiger partial charge in [-0.1, -0.05) is 84.0 Å². The van der Waals surface area contributed by atoms with Crippen LogP contribution in [-0.4, -0.2) is 45.2 Å². The standard InChI is InChI=1S/C21H40O5/c1-3-4-5-6-7-8-9-10-11-12-13-14-15-16-18(23)20(25)21(26)19(24)17(2)22/h19-21,24-26H,3-16H2,1-2H3/t19?,20-,21?/m1/s1. The van der Waals surface area contributed by atoms with Crippen molar-refractivity contribution in [3.05, 3.63) is 0 Å². The summed E-state index contributed by atoms with van der Waals surface area (Å²) in [7, 11) is 0. The Kier molecular flexibility index (Phi) is 15.9. The van der Waals surface area contributed by atoms with Crippen molar-refractivity contribution in [3.63, 3.8) is 0 Å². The fraction of sp³-hybridized carbons (Fsp3) is 0.905. The maximum Gasteiger partial charge on any atom is 0.164 e. The first-order valence-electron chi connectivity index (χ1n) is 10.5. The van der Waals surface area contributed by atoms with Gasteiger partial charge in [0.1, 0.15) is 18.3 Å². The van der Waals surface area contributed by atoms with Crippen molar-refractivity contribution in [2.75, 3.05) is 0 Å². The first-order valence-corrected chi connectivity index (χ1v) is 10.5. The number of ketones is 2. The Morgan fingerprint density at radius 3 is 1.42 bits per heavy atom. The molecule has 0 rings (SSSR count). The Morgan fingerprint density at radius 1 is 0.654 bits per heavy atom. The van der Waals surface area contributed by atoms with Crippen LogP contribution >= 0.6 is 0 Å². The van der Waals surface area contributed by atoms with E-state index in [4.69, 9.17) is 0 Å². The fourth-order valence-corrected chi connectivity index (χ4v) is 3.07. The molecule has 26 heavy (non-hydrogen) atoms. The van der Waals surface area contributed by atoms with Crippen LogP contribution in [0, 0.1) is 0 Å². The predicted octanol–water partition coefficient (Wildman–Crippen LogP) is 3.71. The highest BCUT2D eigenvalue weighted by Gasteiger charge is 2.31. The van der Waals surface area contributed by atoms with Gasteiger partial charge in [-0.25, -0.2) is 0 Å². The lowest BCUT2D eigenvalue weighted by molar-refractivity contribution is -0.145. The van der Waals surface area contributed by atoms with Crippen molar-refractivity contribution in [2.24, 2.45) is 0 Å². The quantitative estimate of drug-likeness (QED) is 0.319. The number of hydrogen-bond acceptors (Lipinski definition) is 5. The molecule has 0 aliphatic rings. The number of hydrogen-bond donors (Lipinski definition) is 3. The van der Waals surface area contributed by atoms with Crippen LogP contribution in [0.3, 0.4) is 0 Å². The summed E-state index contributed by atoms with van der Waals surface area (Å²) >= 11 is 0. The van der Waals surface area contributed by atoms with Crippen molar-refractivity contribution in [3.8, 4) is 0 Å². The van der Waals surface area contributed by atoms with Gasteiger partial charge in [0.2, 0.25) is 0 Å². The summed E-state index contributed by atoms with van der Waals surface area (Å²) in [6.07, 6.45) is 10.8. The third kappa shape index (κ3) is 12.6. The molecule has 0 amide bonds. The van der Waals surface area contributed by atoms with Gasteiger partial charge in [-0.15, -0.1) is 0 Å². The van der Waals surface area contributed by atoms with Crippen molar-refractivity contribution in [2.45, 2.75) is 122 Å². The molecule has 0 aliphatic carbocycles. The molecular formula is C21H40O5. The van der Waals surface area contributed by atoms with Gasteiger partial charge in [-0.3, -0.25) is 9.59 Å². The van der Waals surface area contributed by atoms with Gasteiger partial charge in [-0.05, 0) is 13.3 Å². The third-order valence-corrected chi connectivity index (χ3v) is 4.92. The van der Waals surface area contributed by atoms with Crippen LogP contribution < -0.4 is 0 Å². The number of aliphatic hydroxyl groups is 3. The molecule has 3 N–H and O–H groups in total. The normalized spacial score (nSPS) is 14.8. The number of rotatable bonds is 18. The van der Waals surface area contributed by atoms with Gasteiger partial charge in [0, 0.05) is 6.42 Å². The maximum absolute atomic E-state index is 11.8. The van der Waals surface area contributed by atoms with E-state index in [1.54, 1.807) is 0 Å². The predicted molar refractivity (Wildman–Crippen MR) is 104 cm³/mol. The largest absolute Gasteiger partial charge is 0.387 e. The molecule has 2 unspecified atom stereocenters. The summed E-state index contributed by atoms with van der Waals surface area (Å²) in [4.78, 5) is 22.7. The summed E-state index contributed by atoms with van der Waals surface area (Å²) < 4.78 is 0. The topological polar surface area (TPSA) is 94.8 Å². The van der Waals surface area contributed by atoms with Crippen molar-refractivity contribution >= 4 is 11.6 Å². The molecule has 0 aromatic rings. The van der Waals surface area contributed by atoms with Crippen molar-refractivity contribution < 1.29 is 24.9 Å². The third-order valence-electron chi connectivity index (χ3n) is 4.92. The van der Waals surface area contributed by atoms with E-state index in [1.165, 1.54) is 57.8 Å². The van der Waals surface area contributed by atoms with E-state index < -0.39 is 29.9 Å². The molecule has 0 heterocycles. The number of carbonyl (C=O) groups is 2. The van der Waals surface area contributed by atoms with Crippen LogP contribution in [0.5, 0.6) is 0 Å². The Labute approximate surface area is 159 Å². The zero-order valence-corrected chi connectivity index (χ0v) is 16.8. The maximum atomic E-state index is 11.8. The van der Waals surface area contributed by atoms with E-state index in [9.17, 15) is 24.9 Å². The second-order valence-corrected chi connectivity index (χ2v) is 7.45. The highest BCUT2D eigenvalue weighted by atomic mass is 16.4. The van der Waals surface area contributed by atoms with E-state index in [0.717, 1.165) is 26.2 Å². The minimum atomic E-state index is -1.73. The fourth-order valence-electron chi connectivity index (χ4n) is 3.07. The van der Waals surface area contributed by atoms with Gasteiger partial charge in [0.15, 0.2) is 11.6 Å². The molecule has 0 radical (unpaired) electrons. The average molecular weight is 373 g/mol. The van der Waals surface area contributed by atoms with Gasteiger partial charge in [0.25, 0.3) is 0 Å². The van der Waals surface area contributed by atoms with E-state index in [1.807, 2.05) is 0 Å². The van der Waals surface area contributed by atoms with Crippen molar-refractivity contribution in [1.82, 2.24) is 0 Å². The number of aliphatic hydroxyl groups excluding tert-OH is 3. The zero-order chi connectivity index (χ0) is 19.8. The second-order valence-electron chi connectivity index (χ2n) is 7.45. The number of Topliss-reactive ketones (excluding diaryl/α,β-unsaturated/α-hetero) is 2. The molecule has 154 valence electrons. The highest BCUT2D eigenvalue weighted by Crippen LogP contribution is 2.14. The SMILES string of the molecule is CCCCCCCCCCCCCCCC(=O)[C@@H](O)C(O)C(O)C(C)=O. The highest BCUT2D eigenvalue weighted by molar-refractivity contribution is 5.86. The Bertz CT molecular complexity index is 369. The minimum Gasteiger partial charge on any atom is -0.387 e. The van der Waals surface area contributed by atoms with E-state index in [2.05, 4.69) is 6.92 Å². The monoisotopic (exact) mass is 372 g/mol. The molecular weight excluding hydrogens is 332 g/mol. The molecule has 0 aromatic heterocycles. The van der Waals surface area contributed by atoms with Crippen LogP contribution in [0.4, 0.5) is 0 Å². The minimum absolute atomic E-state index is 0.167. The Morgan fingerprint density at radius 2 is 1.04 bits per heavy atom. The van der Waals surface area contributed by atoms with Crippen LogP contribution in [0.15, 0.2) is 0 Å². The molecule has 0 saturated carbocycles. The lowest BCUT2D eigenvalue weighted by Crippen LogP contribution is -2.45. The first-order chi connectivity index (χ1) is 12.4. The summed E-state index contributed by atoms with van der Waals surface area (Å²) in [6.45, 7) is 3.35. The molecule has 0 fully saturated rings. The van der Waals surface area contributed by atoms with E-state index >= 15 is 0 Å². The summed E-state index contributed by atoms with van der Waals surface area (Å²) in [5.41, 5.74) is 0. The molecule has 0 spiro atoms. The van der Waals surface area contributed by atoms with Gasteiger partial charge in [-0.2, -0.15) is 0 Å². The van der Waals surface area contributed by atoms with E-state index in [-0.39, 0.29) is 6.42 Å². The summed E-state index contributed by atoms with van der Waals surface area (Å²) in [5.74, 6) is -1.17. The molecule has 0 saturated heterocycles. The van der Waals surface area contributed by atoms with Gasteiger partial charge in [0.05, 0.1) is 0 Å². The van der Waals surface area contributed by atoms with Crippen molar-refractivity contribution in [1.29, 1.82) is 0 Å². The summed E-state index contributed by atoms with van der Waals surface area (Å²) in [6, 6.07) is 0. The van der Waals surface area contributed by atoms with Crippen LogP contribution in [0.1, 0.15) is 104 Å². The van der Waals surface area contributed by atoms with Crippen LogP contribution in [0.25, 0.3) is 0 Å². The lowest BCUT2D eigenvalue weighted by Gasteiger charge is -2.20. The molecule has 0 bridgehead atoms. The molecule has 0 aromatic carbocycles. The molecule has 0 aliphatic heterocycles. The smallest absolute Gasteiger partial charge is 0.164 e. The first kappa shape index (κ1) is 25.2. The summed E-state index contributed by atoms with van der Waals surface area (Å²) in [5, 5.41) is 28.7. The number of carbonyl (C=O) groups excluding carboxylic acids is 2. The van der Waals surface area contributed by atoms with Gasteiger partial charge < -0.3 is 15.3 Å². The second kappa shape index (κ2) is 16.4. The zero-order valence-electron chi connectivity index (χ0n) is 16.8. The van der Waals surface area contributed by atoms with Crippen LogP contribution in [-0.2, 0) is 9.59 Å². The number of unbranched alkanes of at least 4 members (excludes halogenated alkanes) is 12. The van der Waals surface area contributed by atoms with Crippen LogP contribution in [0.2, 0.25) is 0 Å². The van der Waals surface area contributed by atoms with Gasteiger partial charge >= 0.3 is 0 Å². The molecule has 5 nitrogen and oxygen atoms in total. The molecule has 5 heteroatoms. The molecule has 3 atom stereocenters. The average Bonchev–Trinajstić information content (AvgIpc) is 2.63.